The predicted molar refractivity (Wildman–Crippen MR) is 203 cm³/mol. The highest BCUT2D eigenvalue weighted by atomic mass is 16.4. The molecular formula is C37H58N8O12. The molecule has 0 aromatic heterocycles. The summed E-state index contributed by atoms with van der Waals surface area (Å²) < 4.78 is 0. The number of nitrogens with one attached hydrogen (secondary N) is 5. The highest BCUT2D eigenvalue weighted by Gasteiger charge is 2.39. The van der Waals surface area contributed by atoms with Gasteiger partial charge in [-0.1, -0.05) is 39.8 Å². The van der Waals surface area contributed by atoms with Gasteiger partial charge in [-0.15, -0.1) is 0 Å². The Kier molecular flexibility index (Phi) is 18.8. The van der Waals surface area contributed by atoms with Gasteiger partial charge in [0.25, 0.3) is 0 Å². The van der Waals surface area contributed by atoms with Crippen molar-refractivity contribution in [2.75, 3.05) is 13.2 Å². The molecule has 0 bridgehead atoms. The summed E-state index contributed by atoms with van der Waals surface area (Å²) in [5.74, 6) is -7.98. The Morgan fingerprint density at radius 1 is 0.789 bits per heavy atom. The number of aliphatic carboxylic acids is 1. The van der Waals surface area contributed by atoms with Crippen LogP contribution >= 0.6 is 0 Å². The first-order chi connectivity index (χ1) is 26.7. The number of carboxylic acid groups (broad SMARTS) is 1. The number of hydrogen-bond donors (Lipinski definition) is 11. The van der Waals surface area contributed by atoms with Gasteiger partial charge in [0.05, 0.1) is 18.8 Å². The van der Waals surface area contributed by atoms with Gasteiger partial charge >= 0.3 is 5.97 Å². The molecule has 20 heteroatoms. The first-order valence-corrected chi connectivity index (χ1v) is 18.8. The molecule has 0 saturated carbocycles. The number of aliphatic hydroxyl groups excluding tert-OH is 2. The van der Waals surface area contributed by atoms with E-state index in [-0.39, 0.29) is 50.3 Å². The zero-order chi connectivity index (χ0) is 43.1. The van der Waals surface area contributed by atoms with Gasteiger partial charge in [-0.05, 0) is 68.6 Å². The molecule has 1 heterocycles. The van der Waals surface area contributed by atoms with Crippen molar-refractivity contribution in [2.45, 2.75) is 122 Å². The summed E-state index contributed by atoms with van der Waals surface area (Å²) in [6.07, 6.45) is -1.28. The van der Waals surface area contributed by atoms with Crippen molar-refractivity contribution in [2.24, 2.45) is 23.3 Å². The number of phenolic OH excluding ortho intramolecular Hbond substituents is 1. The van der Waals surface area contributed by atoms with E-state index in [1.165, 1.54) is 19.1 Å². The quantitative estimate of drug-likeness (QED) is 0.0561. The second-order valence-electron chi connectivity index (χ2n) is 15.0. The number of phenols is 1. The fourth-order valence-electron chi connectivity index (χ4n) is 6.16. The minimum Gasteiger partial charge on any atom is -0.508 e. The molecule has 57 heavy (non-hydrogen) atoms. The number of nitrogens with zero attached hydrogens (tertiary/aromatic N) is 1. The van der Waals surface area contributed by atoms with Gasteiger partial charge in [0, 0.05) is 13.0 Å². The smallest absolute Gasteiger partial charge is 0.326 e. The van der Waals surface area contributed by atoms with Crippen molar-refractivity contribution < 1.29 is 58.8 Å². The van der Waals surface area contributed by atoms with E-state index >= 15 is 0 Å². The summed E-state index contributed by atoms with van der Waals surface area (Å²) in [5.41, 5.74) is 11.9. The Bertz CT molecular complexity index is 1590. The van der Waals surface area contributed by atoms with Crippen molar-refractivity contribution in [3.63, 3.8) is 0 Å². The Labute approximate surface area is 330 Å². The van der Waals surface area contributed by atoms with Gasteiger partial charge < -0.3 is 63.4 Å². The zero-order valence-electron chi connectivity index (χ0n) is 32.9. The van der Waals surface area contributed by atoms with E-state index < -0.39 is 108 Å². The fraction of sp³-hybridized carbons (Fsp3) is 0.622. The average molecular weight is 807 g/mol. The average Bonchev–Trinajstić information content (AvgIpc) is 3.63. The van der Waals surface area contributed by atoms with Gasteiger partial charge in [-0.3, -0.25) is 33.6 Å². The van der Waals surface area contributed by atoms with Gasteiger partial charge in [0.15, 0.2) is 0 Å². The molecule has 7 amide bonds. The number of amides is 7. The number of rotatable bonds is 22. The summed E-state index contributed by atoms with van der Waals surface area (Å²) >= 11 is 0. The number of carboxylic acids is 1. The van der Waals surface area contributed by atoms with Crippen LogP contribution in [0, 0.1) is 11.8 Å². The highest BCUT2D eigenvalue weighted by molar-refractivity contribution is 5.97. The van der Waals surface area contributed by atoms with Crippen molar-refractivity contribution in [1.29, 1.82) is 0 Å². The van der Waals surface area contributed by atoms with Crippen LogP contribution in [0.4, 0.5) is 0 Å². The fourth-order valence-corrected chi connectivity index (χ4v) is 6.16. The molecule has 1 fully saturated rings. The molecule has 318 valence electrons. The number of aliphatic hydroxyl groups is 2. The van der Waals surface area contributed by atoms with Crippen molar-refractivity contribution in [3.05, 3.63) is 29.8 Å². The molecule has 1 aromatic rings. The summed E-state index contributed by atoms with van der Waals surface area (Å²) in [6.45, 7) is 7.09. The Morgan fingerprint density at radius 2 is 1.33 bits per heavy atom. The summed E-state index contributed by atoms with van der Waals surface area (Å²) in [4.78, 5) is 105. The number of carbonyl (C=O) groups excluding carboxylic acids is 7. The standard InChI is InChI=1S/C37H58N8O12/c1-18(2)15-25(32(51)40-24(12-13-28(39)49)36(55)45-14-6-7-27(45)37(56)57)41-34(53)29(19(3)4)43-33(52)26(17-46)42-35(54)30(20(5)47)44-31(50)23(38)16-21-8-10-22(48)11-9-21/h8-11,18-20,23-27,29-30,46-48H,6-7,12-17,38H2,1-5H3,(H2,39,49)(H,40,51)(H,41,53)(H,42,54)(H,43,52)(H,44,50)(H,56,57). The maximum Gasteiger partial charge on any atom is 0.326 e. The molecule has 1 aliphatic heterocycles. The van der Waals surface area contributed by atoms with Gasteiger partial charge in [-0.25, -0.2) is 4.79 Å². The monoisotopic (exact) mass is 806 g/mol. The number of nitrogens with two attached hydrogens (primary N) is 2. The second-order valence-corrected chi connectivity index (χ2v) is 15.0. The molecule has 13 N–H and O–H groups in total. The normalized spacial score (nSPS) is 17.6. The molecule has 1 saturated heterocycles. The third-order valence-electron chi connectivity index (χ3n) is 9.31. The molecule has 1 aromatic carbocycles. The van der Waals surface area contributed by atoms with E-state index in [0.717, 1.165) is 4.90 Å². The van der Waals surface area contributed by atoms with E-state index in [2.05, 4.69) is 26.6 Å². The Morgan fingerprint density at radius 3 is 1.86 bits per heavy atom. The molecule has 0 aliphatic carbocycles. The van der Waals surface area contributed by atoms with Crippen molar-refractivity contribution in [3.8, 4) is 5.75 Å². The van der Waals surface area contributed by atoms with Crippen molar-refractivity contribution >= 4 is 47.3 Å². The third kappa shape index (κ3) is 14.9. The first kappa shape index (κ1) is 47.8. The van der Waals surface area contributed by atoms with Crippen LogP contribution in [0.1, 0.15) is 72.3 Å². The summed E-state index contributed by atoms with van der Waals surface area (Å²) in [6, 6.07) is -3.56. The number of primary amides is 1. The van der Waals surface area contributed by atoms with Gasteiger partial charge in [-0.2, -0.15) is 0 Å². The van der Waals surface area contributed by atoms with Crippen molar-refractivity contribution in [1.82, 2.24) is 31.5 Å². The van der Waals surface area contributed by atoms with E-state index in [9.17, 15) is 58.8 Å². The Hall–Kier alpha value is -5.34. The van der Waals surface area contributed by atoms with Crippen LogP contribution in [0.5, 0.6) is 5.75 Å². The zero-order valence-corrected chi connectivity index (χ0v) is 32.9. The lowest BCUT2D eigenvalue weighted by Gasteiger charge is -2.30. The van der Waals surface area contributed by atoms with Crippen LogP contribution in [-0.4, -0.2) is 134 Å². The minimum atomic E-state index is -1.66. The van der Waals surface area contributed by atoms with Crippen LogP contribution in [0.3, 0.4) is 0 Å². The number of benzene rings is 1. The SMILES string of the molecule is CC(C)CC(NC(=O)C(NC(=O)C(CO)NC(=O)C(NC(=O)C(N)Cc1ccc(O)cc1)C(C)O)C(C)C)C(=O)NC(CCC(N)=O)C(=O)N1CCCC1C(=O)O. The second kappa shape index (κ2) is 22.4. The first-order valence-electron chi connectivity index (χ1n) is 18.8. The Balaban J connectivity index is 2.18. The number of likely N-dealkylation sites (tertiary alicyclic amines) is 1. The van der Waals surface area contributed by atoms with Crippen LogP contribution in [0.25, 0.3) is 0 Å². The molecule has 20 nitrogen and oxygen atoms in total. The van der Waals surface area contributed by atoms with Crippen LogP contribution < -0.4 is 38.1 Å². The number of hydrogen-bond acceptors (Lipinski definition) is 12. The molecule has 1 aliphatic rings. The van der Waals surface area contributed by atoms with E-state index in [4.69, 9.17) is 11.5 Å². The largest absolute Gasteiger partial charge is 0.508 e. The molecular weight excluding hydrogens is 748 g/mol. The van der Waals surface area contributed by atoms with Crippen LogP contribution in [0.15, 0.2) is 24.3 Å². The van der Waals surface area contributed by atoms with E-state index in [1.807, 2.05) is 0 Å². The molecule has 8 unspecified atom stereocenters. The lowest BCUT2D eigenvalue weighted by molar-refractivity contribution is -0.149. The van der Waals surface area contributed by atoms with Crippen LogP contribution in [-0.2, 0) is 44.8 Å². The lowest BCUT2D eigenvalue weighted by atomic mass is 9.99. The molecule has 0 radical (unpaired) electrons. The van der Waals surface area contributed by atoms with Gasteiger partial charge in [0.1, 0.15) is 42.0 Å². The van der Waals surface area contributed by atoms with Gasteiger partial charge in [0.2, 0.25) is 41.4 Å². The summed E-state index contributed by atoms with van der Waals surface area (Å²) in [7, 11) is 0. The number of carbonyl (C=O) groups is 8. The number of aromatic hydroxyl groups is 1. The minimum absolute atomic E-state index is 0.0123. The lowest BCUT2D eigenvalue weighted by Crippen LogP contribution is -2.62. The molecule has 2 rings (SSSR count). The van der Waals surface area contributed by atoms with E-state index in [1.54, 1.807) is 39.8 Å². The van der Waals surface area contributed by atoms with E-state index in [0.29, 0.717) is 12.0 Å². The van der Waals surface area contributed by atoms with Crippen LogP contribution in [0.2, 0.25) is 0 Å². The highest BCUT2D eigenvalue weighted by Crippen LogP contribution is 2.20. The topological polar surface area (TPSA) is 333 Å². The summed E-state index contributed by atoms with van der Waals surface area (Å²) in [5, 5.41) is 51.6. The maximum absolute atomic E-state index is 13.7. The predicted octanol–water partition coefficient (Wildman–Crippen LogP) is -2.90. The molecule has 8 atom stereocenters. The third-order valence-corrected chi connectivity index (χ3v) is 9.31. The molecule has 0 spiro atoms. The maximum atomic E-state index is 13.7.